The zero-order chi connectivity index (χ0) is 21.3. The van der Waals surface area contributed by atoms with E-state index in [1.54, 1.807) is 17.0 Å². The Labute approximate surface area is 176 Å². The third kappa shape index (κ3) is 3.73. The fourth-order valence-electron chi connectivity index (χ4n) is 3.93. The van der Waals surface area contributed by atoms with Gasteiger partial charge in [-0.2, -0.15) is 0 Å². The molecule has 30 heavy (non-hydrogen) atoms. The molecule has 1 atom stereocenters. The Kier molecular flexibility index (Phi) is 5.40. The van der Waals surface area contributed by atoms with Crippen LogP contribution < -0.4 is 0 Å². The molecule has 0 spiro atoms. The number of amides is 1. The average Bonchev–Trinajstić information content (AvgIpc) is 3.01. The predicted octanol–water partition coefficient (Wildman–Crippen LogP) is 6.00. The van der Waals surface area contributed by atoms with E-state index in [9.17, 15) is 14.3 Å². The van der Waals surface area contributed by atoms with E-state index in [4.69, 9.17) is 0 Å². The standard InChI is InChI=1S/C26H24FNO2/c1-17(2)19-10-12-21(13-11-19)24-23(20-6-4-3-5-7-20)25(29)26(30)28(24)16-18-8-14-22(27)15-9-18/h3-15,17,24,29H,16H2,1-2H3/t24-/m0/s1. The van der Waals surface area contributed by atoms with Gasteiger partial charge in [-0.05, 0) is 40.3 Å². The van der Waals surface area contributed by atoms with E-state index in [1.165, 1.54) is 17.7 Å². The van der Waals surface area contributed by atoms with Gasteiger partial charge in [0.15, 0.2) is 5.76 Å². The zero-order valence-electron chi connectivity index (χ0n) is 17.0. The number of rotatable bonds is 5. The van der Waals surface area contributed by atoms with Crippen molar-refractivity contribution in [1.82, 2.24) is 4.90 Å². The van der Waals surface area contributed by atoms with Crippen molar-refractivity contribution in [2.24, 2.45) is 0 Å². The van der Waals surface area contributed by atoms with Crippen LogP contribution in [0.3, 0.4) is 0 Å². The SMILES string of the molecule is CC(C)c1ccc([C@H]2C(c3ccccc3)=C(O)C(=O)N2Cc2ccc(F)cc2)cc1. The molecule has 1 heterocycles. The van der Waals surface area contributed by atoms with E-state index >= 15 is 0 Å². The molecular weight excluding hydrogens is 377 g/mol. The normalized spacial score (nSPS) is 16.6. The van der Waals surface area contributed by atoms with Gasteiger partial charge in [0.05, 0.1) is 6.04 Å². The number of carbonyl (C=O) groups excluding carboxylic acids is 1. The molecule has 0 unspecified atom stereocenters. The summed E-state index contributed by atoms with van der Waals surface area (Å²) in [6.45, 7) is 4.54. The first-order chi connectivity index (χ1) is 14.5. The van der Waals surface area contributed by atoms with Gasteiger partial charge in [-0.3, -0.25) is 4.79 Å². The van der Waals surface area contributed by atoms with E-state index < -0.39 is 11.9 Å². The molecule has 4 heteroatoms. The smallest absolute Gasteiger partial charge is 0.290 e. The van der Waals surface area contributed by atoms with Gasteiger partial charge in [0.25, 0.3) is 5.91 Å². The van der Waals surface area contributed by atoms with Crippen LogP contribution in [0.5, 0.6) is 0 Å². The molecule has 1 aliphatic heterocycles. The van der Waals surface area contributed by atoms with E-state index in [0.29, 0.717) is 11.5 Å². The van der Waals surface area contributed by atoms with Crippen LogP contribution in [0.4, 0.5) is 4.39 Å². The minimum absolute atomic E-state index is 0.235. The largest absolute Gasteiger partial charge is 0.503 e. The van der Waals surface area contributed by atoms with Gasteiger partial charge in [-0.1, -0.05) is 80.6 Å². The highest BCUT2D eigenvalue weighted by atomic mass is 19.1. The molecule has 1 aliphatic rings. The molecule has 0 aromatic heterocycles. The predicted molar refractivity (Wildman–Crippen MR) is 116 cm³/mol. The van der Waals surface area contributed by atoms with Crippen molar-refractivity contribution in [2.75, 3.05) is 0 Å². The Balaban J connectivity index is 1.78. The summed E-state index contributed by atoms with van der Waals surface area (Å²) in [6.07, 6.45) is 0. The number of hydrogen-bond acceptors (Lipinski definition) is 2. The highest BCUT2D eigenvalue weighted by Gasteiger charge is 2.40. The van der Waals surface area contributed by atoms with E-state index in [2.05, 4.69) is 26.0 Å². The highest BCUT2D eigenvalue weighted by Crippen LogP contribution is 2.43. The van der Waals surface area contributed by atoms with E-state index in [0.717, 1.165) is 16.7 Å². The molecule has 0 saturated heterocycles. The molecule has 0 bridgehead atoms. The van der Waals surface area contributed by atoms with Crippen molar-refractivity contribution in [3.63, 3.8) is 0 Å². The lowest BCUT2D eigenvalue weighted by Gasteiger charge is -2.28. The van der Waals surface area contributed by atoms with Crippen LogP contribution >= 0.6 is 0 Å². The first-order valence-corrected chi connectivity index (χ1v) is 10.1. The number of aliphatic hydroxyl groups is 1. The average molecular weight is 401 g/mol. The molecule has 3 aromatic carbocycles. The fourth-order valence-corrected chi connectivity index (χ4v) is 3.93. The summed E-state index contributed by atoms with van der Waals surface area (Å²) in [5, 5.41) is 10.8. The van der Waals surface area contributed by atoms with Crippen molar-refractivity contribution >= 4 is 11.5 Å². The second kappa shape index (κ2) is 8.15. The summed E-state index contributed by atoms with van der Waals surface area (Å²) in [7, 11) is 0. The highest BCUT2D eigenvalue weighted by molar-refractivity contribution is 6.05. The van der Waals surface area contributed by atoms with Crippen molar-refractivity contribution in [3.8, 4) is 0 Å². The van der Waals surface area contributed by atoms with Crippen LogP contribution in [0.2, 0.25) is 0 Å². The lowest BCUT2D eigenvalue weighted by Crippen LogP contribution is -2.29. The van der Waals surface area contributed by atoms with Crippen LogP contribution in [-0.2, 0) is 11.3 Å². The third-order valence-electron chi connectivity index (χ3n) is 5.57. The lowest BCUT2D eigenvalue weighted by atomic mass is 9.91. The summed E-state index contributed by atoms with van der Waals surface area (Å²) in [4.78, 5) is 14.7. The number of aliphatic hydroxyl groups excluding tert-OH is 1. The molecule has 4 rings (SSSR count). The molecule has 0 radical (unpaired) electrons. The molecule has 0 aliphatic carbocycles. The minimum atomic E-state index is -0.425. The Morgan fingerprint density at radius 1 is 0.933 bits per heavy atom. The van der Waals surface area contributed by atoms with E-state index in [-0.39, 0.29) is 18.1 Å². The molecule has 3 nitrogen and oxygen atoms in total. The topological polar surface area (TPSA) is 40.5 Å². The van der Waals surface area contributed by atoms with Crippen LogP contribution in [0.15, 0.2) is 84.6 Å². The van der Waals surface area contributed by atoms with Gasteiger partial charge < -0.3 is 10.0 Å². The zero-order valence-corrected chi connectivity index (χ0v) is 17.0. The minimum Gasteiger partial charge on any atom is -0.503 e. The van der Waals surface area contributed by atoms with Crippen molar-refractivity contribution in [1.29, 1.82) is 0 Å². The number of nitrogens with zero attached hydrogens (tertiary/aromatic N) is 1. The summed E-state index contributed by atoms with van der Waals surface area (Å²) in [5.74, 6) is -0.576. The van der Waals surface area contributed by atoms with Crippen molar-refractivity contribution in [2.45, 2.75) is 32.4 Å². The molecule has 3 aromatic rings. The summed E-state index contributed by atoms with van der Waals surface area (Å²) >= 11 is 0. The van der Waals surface area contributed by atoms with Crippen molar-refractivity contribution in [3.05, 3.63) is 113 Å². The van der Waals surface area contributed by atoms with Gasteiger partial charge in [0.1, 0.15) is 5.82 Å². The number of benzene rings is 3. The Morgan fingerprint density at radius 2 is 1.57 bits per heavy atom. The van der Waals surface area contributed by atoms with E-state index in [1.807, 2.05) is 42.5 Å². The summed E-state index contributed by atoms with van der Waals surface area (Å²) < 4.78 is 13.3. The Morgan fingerprint density at radius 3 is 2.17 bits per heavy atom. The molecule has 0 fully saturated rings. The first-order valence-electron chi connectivity index (χ1n) is 10.1. The second-order valence-electron chi connectivity index (χ2n) is 7.91. The summed E-state index contributed by atoms with van der Waals surface area (Å²) in [5.41, 5.74) is 4.35. The fraction of sp³-hybridized carbons (Fsp3) is 0.192. The van der Waals surface area contributed by atoms with Crippen LogP contribution in [0.25, 0.3) is 5.57 Å². The van der Waals surface area contributed by atoms with Crippen molar-refractivity contribution < 1.29 is 14.3 Å². The number of carbonyl (C=O) groups is 1. The Bertz CT molecular complexity index is 1070. The van der Waals surface area contributed by atoms with Crippen LogP contribution in [0.1, 0.15) is 48.1 Å². The summed E-state index contributed by atoms with van der Waals surface area (Å²) in [6, 6.07) is 23.3. The monoisotopic (exact) mass is 401 g/mol. The molecule has 1 N–H and O–H groups in total. The molecular formula is C26H24FNO2. The van der Waals surface area contributed by atoms with Gasteiger partial charge >= 0.3 is 0 Å². The van der Waals surface area contributed by atoms with Gasteiger partial charge in [-0.25, -0.2) is 4.39 Å². The maximum Gasteiger partial charge on any atom is 0.290 e. The van der Waals surface area contributed by atoms with Gasteiger partial charge in [0, 0.05) is 12.1 Å². The van der Waals surface area contributed by atoms with Gasteiger partial charge in [-0.15, -0.1) is 0 Å². The number of halogens is 1. The van der Waals surface area contributed by atoms with Crippen LogP contribution in [-0.4, -0.2) is 15.9 Å². The molecule has 0 saturated carbocycles. The van der Waals surface area contributed by atoms with Crippen LogP contribution in [0, 0.1) is 5.82 Å². The molecule has 152 valence electrons. The third-order valence-corrected chi connectivity index (χ3v) is 5.57. The maximum absolute atomic E-state index is 13.3. The first kappa shape index (κ1) is 19.9. The Hall–Kier alpha value is -3.40. The molecule has 1 amide bonds. The van der Waals surface area contributed by atoms with Gasteiger partial charge in [0.2, 0.25) is 0 Å². The second-order valence-corrected chi connectivity index (χ2v) is 7.91. The number of hydrogen-bond donors (Lipinski definition) is 1. The maximum atomic E-state index is 13.3. The lowest BCUT2D eigenvalue weighted by molar-refractivity contribution is -0.130. The quantitative estimate of drug-likeness (QED) is 0.569.